The third kappa shape index (κ3) is 5.50. The van der Waals surface area contributed by atoms with E-state index >= 15 is 0 Å². The summed E-state index contributed by atoms with van der Waals surface area (Å²) in [6.45, 7) is 3.26. The van der Waals surface area contributed by atoms with Crippen molar-refractivity contribution in [3.63, 3.8) is 0 Å². The van der Waals surface area contributed by atoms with Crippen LogP contribution < -0.4 is 0 Å². The molecule has 0 aliphatic carbocycles. The van der Waals surface area contributed by atoms with Crippen LogP contribution in [-0.4, -0.2) is 38.6 Å². The van der Waals surface area contributed by atoms with Crippen molar-refractivity contribution in [2.24, 2.45) is 0 Å². The molecule has 2 atom stereocenters. The van der Waals surface area contributed by atoms with Gasteiger partial charge in [0.15, 0.2) is 0 Å². The van der Waals surface area contributed by atoms with Gasteiger partial charge in [-0.25, -0.2) is 0 Å². The number of hydrogen-bond acceptors (Lipinski definition) is 4. The van der Waals surface area contributed by atoms with Crippen LogP contribution in [0, 0.1) is 11.3 Å². The molecule has 4 nitrogen and oxygen atoms in total. The molecule has 0 aromatic heterocycles. The van der Waals surface area contributed by atoms with Crippen molar-refractivity contribution in [1.29, 1.82) is 5.26 Å². The molecule has 2 aromatic rings. The van der Waals surface area contributed by atoms with Crippen LogP contribution in [0.2, 0.25) is 0 Å². The summed E-state index contributed by atoms with van der Waals surface area (Å²) in [7, 11) is 0. The predicted octanol–water partition coefficient (Wildman–Crippen LogP) is 3.03. The highest BCUT2D eigenvalue weighted by molar-refractivity contribution is 5.63. The predicted molar refractivity (Wildman–Crippen MR) is 86.9 cm³/mol. The molecular formula is C19H19NO3. The van der Waals surface area contributed by atoms with Gasteiger partial charge in [0.05, 0.1) is 38.1 Å². The van der Waals surface area contributed by atoms with E-state index in [2.05, 4.69) is 18.2 Å². The lowest BCUT2D eigenvalue weighted by atomic mass is 10.0. The van der Waals surface area contributed by atoms with Gasteiger partial charge >= 0.3 is 0 Å². The van der Waals surface area contributed by atoms with Crippen LogP contribution >= 0.6 is 0 Å². The van der Waals surface area contributed by atoms with Gasteiger partial charge in [0.1, 0.15) is 12.2 Å². The SMILES string of the molecule is C(OCC1CO1)C1CO1.N#Cc1ccc(-c2ccccc2)cc1. The average molecular weight is 309 g/mol. The number of benzene rings is 2. The minimum absolute atomic E-state index is 0.392. The monoisotopic (exact) mass is 309 g/mol. The van der Waals surface area contributed by atoms with E-state index in [0.29, 0.717) is 17.8 Å². The summed E-state index contributed by atoms with van der Waals surface area (Å²) >= 11 is 0. The highest BCUT2D eigenvalue weighted by Crippen LogP contribution is 2.18. The van der Waals surface area contributed by atoms with E-state index in [1.165, 1.54) is 5.56 Å². The lowest BCUT2D eigenvalue weighted by Gasteiger charge is -1.99. The molecule has 0 saturated carbocycles. The molecule has 0 N–H and O–H groups in total. The first-order valence-corrected chi connectivity index (χ1v) is 7.71. The van der Waals surface area contributed by atoms with Gasteiger partial charge in [0.2, 0.25) is 0 Å². The maximum Gasteiger partial charge on any atom is 0.104 e. The van der Waals surface area contributed by atoms with E-state index < -0.39 is 0 Å². The standard InChI is InChI=1S/C13H9N.C6H10O3/c14-10-11-6-8-13(9-7-11)12-4-2-1-3-5-12;1(5-3-8-5)7-2-6-4-9-6/h1-9H;5-6H,1-4H2. The van der Waals surface area contributed by atoms with Crippen LogP contribution in [0.3, 0.4) is 0 Å². The molecule has 0 bridgehead atoms. The molecule has 23 heavy (non-hydrogen) atoms. The highest BCUT2D eigenvalue weighted by Gasteiger charge is 2.26. The molecule has 4 rings (SSSR count). The molecule has 2 fully saturated rings. The zero-order valence-electron chi connectivity index (χ0n) is 12.9. The smallest absolute Gasteiger partial charge is 0.104 e. The van der Waals surface area contributed by atoms with Gasteiger partial charge in [-0.3, -0.25) is 0 Å². The molecule has 2 aliphatic heterocycles. The van der Waals surface area contributed by atoms with Crippen molar-refractivity contribution < 1.29 is 14.2 Å². The summed E-state index contributed by atoms with van der Waals surface area (Å²) in [4.78, 5) is 0. The summed E-state index contributed by atoms with van der Waals surface area (Å²) in [5, 5.41) is 8.65. The van der Waals surface area contributed by atoms with E-state index in [1.807, 2.05) is 42.5 Å². The minimum Gasteiger partial charge on any atom is -0.376 e. The minimum atomic E-state index is 0.392. The molecule has 2 aromatic carbocycles. The third-order valence-electron chi connectivity index (χ3n) is 3.53. The second kappa shape index (κ2) is 7.89. The van der Waals surface area contributed by atoms with Crippen LogP contribution in [-0.2, 0) is 14.2 Å². The summed E-state index contributed by atoms with van der Waals surface area (Å²) in [6, 6.07) is 19.8. The number of rotatable bonds is 5. The fourth-order valence-corrected chi connectivity index (χ4v) is 2.03. The van der Waals surface area contributed by atoms with Crippen LogP contribution in [0.5, 0.6) is 0 Å². The van der Waals surface area contributed by atoms with Gasteiger partial charge in [0.25, 0.3) is 0 Å². The zero-order valence-corrected chi connectivity index (χ0v) is 12.9. The van der Waals surface area contributed by atoms with E-state index in [-0.39, 0.29) is 0 Å². The molecule has 0 radical (unpaired) electrons. The van der Waals surface area contributed by atoms with Crippen molar-refractivity contribution in [3.05, 3.63) is 60.2 Å². The summed E-state index contributed by atoms with van der Waals surface area (Å²) in [6.07, 6.45) is 0.785. The Morgan fingerprint density at radius 2 is 1.39 bits per heavy atom. The number of epoxide rings is 2. The van der Waals surface area contributed by atoms with Crippen molar-refractivity contribution in [2.45, 2.75) is 12.2 Å². The van der Waals surface area contributed by atoms with Crippen molar-refractivity contribution in [1.82, 2.24) is 0 Å². The molecule has 2 saturated heterocycles. The molecule has 2 aliphatic rings. The summed E-state index contributed by atoms with van der Waals surface area (Å²) in [5.41, 5.74) is 3.02. The molecule has 0 amide bonds. The van der Waals surface area contributed by atoms with Crippen LogP contribution in [0.15, 0.2) is 54.6 Å². The van der Waals surface area contributed by atoms with Crippen molar-refractivity contribution in [2.75, 3.05) is 26.4 Å². The first-order chi connectivity index (χ1) is 11.3. The van der Waals surface area contributed by atoms with Crippen molar-refractivity contribution >= 4 is 0 Å². The average Bonchev–Trinajstić information content (AvgIpc) is 3.52. The maximum absolute atomic E-state index is 8.65. The molecule has 2 heterocycles. The number of ether oxygens (including phenoxy) is 3. The van der Waals surface area contributed by atoms with Crippen molar-refractivity contribution in [3.8, 4) is 17.2 Å². The van der Waals surface area contributed by atoms with Crippen LogP contribution in [0.25, 0.3) is 11.1 Å². The fourth-order valence-electron chi connectivity index (χ4n) is 2.03. The third-order valence-corrected chi connectivity index (χ3v) is 3.53. The first kappa shape index (κ1) is 15.7. The Hall–Kier alpha value is -2.19. The number of hydrogen-bond donors (Lipinski definition) is 0. The molecule has 118 valence electrons. The lowest BCUT2D eigenvalue weighted by molar-refractivity contribution is 0.102. The van der Waals surface area contributed by atoms with Crippen LogP contribution in [0.1, 0.15) is 5.56 Å². The Balaban J connectivity index is 0.000000149. The Bertz CT molecular complexity index is 629. The van der Waals surface area contributed by atoms with Crippen LogP contribution in [0.4, 0.5) is 0 Å². The number of nitrogens with zero attached hydrogens (tertiary/aromatic N) is 1. The zero-order chi connectivity index (χ0) is 15.9. The molecule has 4 heteroatoms. The Kier molecular flexibility index (Phi) is 5.38. The quantitative estimate of drug-likeness (QED) is 0.797. The fraction of sp³-hybridized carbons (Fsp3) is 0.316. The van der Waals surface area contributed by atoms with E-state index in [0.717, 1.165) is 32.0 Å². The maximum atomic E-state index is 8.65. The summed E-state index contributed by atoms with van der Waals surface area (Å²) < 4.78 is 15.1. The van der Waals surface area contributed by atoms with Gasteiger partial charge in [0, 0.05) is 0 Å². The number of nitriles is 1. The second-order valence-electron chi connectivity index (χ2n) is 5.50. The van der Waals surface area contributed by atoms with E-state index in [1.54, 1.807) is 0 Å². The second-order valence-corrected chi connectivity index (χ2v) is 5.50. The molecule has 0 spiro atoms. The largest absolute Gasteiger partial charge is 0.376 e. The Morgan fingerprint density at radius 3 is 1.87 bits per heavy atom. The summed E-state index contributed by atoms with van der Waals surface area (Å²) in [5.74, 6) is 0. The van der Waals surface area contributed by atoms with Gasteiger partial charge in [-0.2, -0.15) is 5.26 Å². The molecular weight excluding hydrogens is 290 g/mol. The first-order valence-electron chi connectivity index (χ1n) is 7.71. The highest BCUT2D eigenvalue weighted by atomic mass is 16.6. The Labute approximate surface area is 136 Å². The lowest BCUT2D eigenvalue weighted by Crippen LogP contribution is -2.06. The Morgan fingerprint density at radius 1 is 0.870 bits per heavy atom. The molecule has 2 unspecified atom stereocenters. The van der Waals surface area contributed by atoms with E-state index in [9.17, 15) is 0 Å². The normalized spacial score (nSPS) is 20.8. The van der Waals surface area contributed by atoms with E-state index in [4.69, 9.17) is 19.5 Å². The van der Waals surface area contributed by atoms with Gasteiger partial charge < -0.3 is 14.2 Å². The van der Waals surface area contributed by atoms with Gasteiger partial charge in [-0.05, 0) is 23.3 Å². The van der Waals surface area contributed by atoms with Gasteiger partial charge in [-0.15, -0.1) is 0 Å². The topological polar surface area (TPSA) is 58.1 Å². The van der Waals surface area contributed by atoms with Gasteiger partial charge in [-0.1, -0.05) is 42.5 Å².